The Morgan fingerprint density at radius 3 is 2.82 bits per heavy atom. The summed E-state index contributed by atoms with van der Waals surface area (Å²) in [6.45, 7) is 4.10. The molecule has 4 heteroatoms. The number of halogens is 1. The van der Waals surface area contributed by atoms with Crippen LogP contribution in [0.25, 0.3) is 0 Å². The molecule has 0 spiro atoms. The number of nitrogens with two attached hydrogens (primary N) is 1. The van der Waals surface area contributed by atoms with E-state index >= 15 is 0 Å². The molecule has 0 radical (unpaired) electrons. The monoisotopic (exact) mass is 237 g/mol. The van der Waals surface area contributed by atoms with E-state index in [1.165, 1.54) is 6.07 Å². The predicted molar refractivity (Wildman–Crippen MR) is 62.4 cm³/mol. The maximum atomic E-state index is 13.4. The van der Waals surface area contributed by atoms with Crippen molar-refractivity contribution in [3.05, 3.63) is 35.1 Å². The molecule has 1 saturated heterocycles. The number of hydrogen-bond donors (Lipinski definition) is 1. The highest BCUT2D eigenvalue weighted by Gasteiger charge is 2.44. The van der Waals surface area contributed by atoms with Crippen LogP contribution >= 0.6 is 0 Å². The van der Waals surface area contributed by atoms with Crippen LogP contribution in [0, 0.1) is 18.2 Å². The van der Waals surface area contributed by atoms with Crippen molar-refractivity contribution in [1.82, 2.24) is 0 Å². The van der Waals surface area contributed by atoms with Crippen LogP contribution in [0.5, 0.6) is 0 Å². The molecule has 2 N–H and O–H groups in total. The van der Waals surface area contributed by atoms with E-state index in [4.69, 9.17) is 10.5 Å². The standard InChI is InChI=1S/C13H16FNO2/c1-8-3-4-9(5-10(8)14)12(16)13(2)7-17-6-11(13)15/h3-5,11H,6-7,15H2,1-2H3. The second-order valence-corrected chi connectivity index (χ2v) is 4.83. The molecule has 0 bridgehead atoms. The lowest BCUT2D eigenvalue weighted by atomic mass is 9.78. The Bertz CT molecular complexity index is 461. The molecule has 0 saturated carbocycles. The highest BCUT2D eigenvalue weighted by atomic mass is 19.1. The van der Waals surface area contributed by atoms with Crippen LogP contribution in [-0.4, -0.2) is 25.0 Å². The fourth-order valence-electron chi connectivity index (χ4n) is 1.99. The summed E-state index contributed by atoms with van der Waals surface area (Å²) in [7, 11) is 0. The quantitative estimate of drug-likeness (QED) is 0.796. The summed E-state index contributed by atoms with van der Waals surface area (Å²) >= 11 is 0. The number of aryl methyl sites for hydroxylation is 1. The van der Waals surface area contributed by atoms with Gasteiger partial charge in [0.25, 0.3) is 0 Å². The lowest BCUT2D eigenvalue weighted by Gasteiger charge is -2.25. The molecule has 3 nitrogen and oxygen atoms in total. The first-order valence-corrected chi connectivity index (χ1v) is 5.59. The fourth-order valence-corrected chi connectivity index (χ4v) is 1.99. The predicted octanol–water partition coefficient (Wildman–Crippen LogP) is 1.68. The van der Waals surface area contributed by atoms with Gasteiger partial charge in [0.05, 0.1) is 18.6 Å². The van der Waals surface area contributed by atoms with Crippen LogP contribution in [0.1, 0.15) is 22.8 Å². The average molecular weight is 237 g/mol. The molecule has 1 fully saturated rings. The number of ketones is 1. The van der Waals surface area contributed by atoms with E-state index in [2.05, 4.69) is 0 Å². The van der Waals surface area contributed by atoms with E-state index in [-0.39, 0.29) is 17.6 Å². The smallest absolute Gasteiger partial charge is 0.172 e. The number of benzene rings is 1. The van der Waals surface area contributed by atoms with Crippen molar-refractivity contribution in [2.75, 3.05) is 13.2 Å². The zero-order valence-electron chi connectivity index (χ0n) is 10.00. The Morgan fingerprint density at radius 1 is 1.59 bits per heavy atom. The van der Waals surface area contributed by atoms with E-state index in [1.54, 1.807) is 26.0 Å². The molecule has 2 unspecified atom stereocenters. The van der Waals surface area contributed by atoms with Crippen LogP contribution in [0.15, 0.2) is 18.2 Å². The van der Waals surface area contributed by atoms with Gasteiger partial charge in [0.2, 0.25) is 0 Å². The summed E-state index contributed by atoms with van der Waals surface area (Å²) in [5, 5.41) is 0. The molecule has 0 aromatic heterocycles. The highest BCUT2D eigenvalue weighted by Crippen LogP contribution is 2.31. The van der Waals surface area contributed by atoms with E-state index in [9.17, 15) is 9.18 Å². The van der Waals surface area contributed by atoms with Crippen LogP contribution in [-0.2, 0) is 4.74 Å². The second kappa shape index (κ2) is 4.20. The zero-order valence-corrected chi connectivity index (χ0v) is 10.00. The van der Waals surface area contributed by atoms with Gasteiger partial charge in [0.15, 0.2) is 5.78 Å². The number of carbonyl (C=O) groups is 1. The van der Waals surface area contributed by atoms with Gasteiger partial charge in [0, 0.05) is 11.6 Å². The normalized spacial score (nSPS) is 28.4. The molecule has 2 rings (SSSR count). The van der Waals surface area contributed by atoms with Gasteiger partial charge in [-0.3, -0.25) is 4.79 Å². The lowest BCUT2D eigenvalue weighted by molar-refractivity contribution is 0.0767. The Kier molecular flexibility index (Phi) is 3.02. The molecule has 1 aliphatic heterocycles. The van der Waals surface area contributed by atoms with Crippen molar-refractivity contribution in [2.45, 2.75) is 19.9 Å². The van der Waals surface area contributed by atoms with E-state index in [1.807, 2.05) is 0 Å². The van der Waals surface area contributed by atoms with Gasteiger partial charge in [-0.05, 0) is 25.5 Å². The third kappa shape index (κ3) is 1.98. The summed E-state index contributed by atoms with van der Waals surface area (Å²) < 4.78 is 18.7. The first-order chi connectivity index (χ1) is 7.95. The van der Waals surface area contributed by atoms with E-state index in [0.29, 0.717) is 24.3 Å². The van der Waals surface area contributed by atoms with Crippen molar-refractivity contribution >= 4 is 5.78 Å². The molecular formula is C13H16FNO2. The molecule has 0 amide bonds. The SMILES string of the molecule is Cc1ccc(C(=O)C2(C)COCC2N)cc1F. The van der Waals surface area contributed by atoms with Crippen LogP contribution in [0.4, 0.5) is 4.39 Å². The molecule has 92 valence electrons. The van der Waals surface area contributed by atoms with Gasteiger partial charge in [0.1, 0.15) is 5.82 Å². The highest BCUT2D eigenvalue weighted by molar-refractivity contribution is 6.01. The van der Waals surface area contributed by atoms with Crippen LogP contribution < -0.4 is 5.73 Å². The fraction of sp³-hybridized carbons (Fsp3) is 0.462. The minimum absolute atomic E-state index is 0.151. The maximum absolute atomic E-state index is 13.4. The number of rotatable bonds is 2. The van der Waals surface area contributed by atoms with E-state index < -0.39 is 5.41 Å². The van der Waals surface area contributed by atoms with Gasteiger partial charge >= 0.3 is 0 Å². The Balaban J connectivity index is 2.34. The van der Waals surface area contributed by atoms with Crippen LogP contribution in [0.3, 0.4) is 0 Å². The third-order valence-corrected chi connectivity index (χ3v) is 3.47. The van der Waals surface area contributed by atoms with Gasteiger partial charge in [-0.2, -0.15) is 0 Å². The van der Waals surface area contributed by atoms with Gasteiger partial charge in [-0.1, -0.05) is 12.1 Å². The topological polar surface area (TPSA) is 52.3 Å². The summed E-state index contributed by atoms with van der Waals surface area (Å²) in [6.07, 6.45) is 0. The largest absolute Gasteiger partial charge is 0.379 e. The summed E-state index contributed by atoms with van der Waals surface area (Å²) in [5.41, 5.74) is 6.02. The molecule has 0 aliphatic carbocycles. The van der Waals surface area contributed by atoms with Crippen molar-refractivity contribution in [1.29, 1.82) is 0 Å². The van der Waals surface area contributed by atoms with Crippen molar-refractivity contribution in [3.63, 3.8) is 0 Å². The van der Waals surface area contributed by atoms with Gasteiger partial charge in [-0.15, -0.1) is 0 Å². The molecule has 2 atom stereocenters. The minimum atomic E-state index is -0.748. The number of ether oxygens (including phenoxy) is 1. The first-order valence-electron chi connectivity index (χ1n) is 5.59. The minimum Gasteiger partial charge on any atom is -0.379 e. The number of carbonyl (C=O) groups excluding carboxylic acids is 1. The van der Waals surface area contributed by atoms with Gasteiger partial charge in [-0.25, -0.2) is 4.39 Å². The molecular weight excluding hydrogens is 221 g/mol. The molecule has 17 heavy (non-hydrogen) atoms. The molecule has 1 aromatic carbocycles. The Hall–Kier alpha value is -1.26. The van der Waals surface area contributed by atoms with Gasteiger partial charge < -0.3 is 10.5 Å². The summed E-state index contributed by atoms with van der Waals surface area (Å²) in [4.78, 5) is 12.3. The van der Waals surface area contributed by atoms with Crippen molar-refractivity contribution in [3.8, 4) is 0 Å². The van der Waals surface area contributed by atoms with Crippen molar-refractivity contribution < 1.29 is 13.9 Å². The molecule has 1 heterocycles. The van der Waals surface area contributed by atoms with Crippen molar-refractivity contribution in [2.24, 2.45) is 11.1 Å². The maximum Gasteiger partial charge on any atom is 0.172 e. The zero-order chi connectivity index (χ0) is 12.6. The number of Topliss-reactive ketones (excluding diaryl/α,β-unsaturated/α-hetero) is 1. The second-order valence-electron chi connectivity index (χ2n) is 4.83. The lowest BCUT2D eigenvalue weighted by Crippen LogP contribution is -2.44. The molecule has 1 aromatic rings. The summed E-state index contributed by atoms with van der Waals surface area (Å²) in [6, 6.07) is 4.18. The first kappa shape index (κ1) is 12.2. The Morgan fingerprint density at radius 2 is 2.29 bits per heavy atom. The molecule has 1 aliphatic rings. The average Bonchev–Trinajstić information content (AvgIpc) is 2.63. The number of hydrogen-bond acceptors (Lipinski definition) is 3. The van der Waals surface area contributed by atoms with Crippen LogP contribution in [0.2, 0.25) is 0 Å². The summed E-state index contributed by atoms with van der Waals surface area (Å²) in [5.74, 6) is -0.520. The Labute approximate surface area is 99.8 Å². The van der Waals surface area contributed by atoms with E-state index in [0.717, 1.165) is 0 Å². The third-order valence-electron chi connectivity index (χ3n) is 3.47.